The predicted octanol–water partition coefficient (Wildman–Crippen LogP) is 2.82. The van der Waals surface area contributed by atoms with Crippen molar-refractivity contribution in [3.8, 4) is 11.5 Å². The van der Waals surface area contributed by atoms with Crippen molar-refractivity contribution >= 4 is 5.91 Å². The van der Waals surface area contributed by atoms with E-state index in [9.17, 15) is 9.90 Å². The molecule has 2 aliphatic rings. The van der Waals surface area contributed by atoms with Gasteiger partial charge in [0.2, 0.25) is 5.91 Å². The predicted molar refractivity (Wildman–Crippen MR) is 96.0 cm³/mol. The van der Waals surface area contributed by atoms with E-state index < -0.39 is 6.10 Å². The molecule has 25 heavy (non-hydrogen) atoms. The van der Waals surface area contributed by atoms with Crippen molar-refractivity contribution in [2.45, 2.75) is 45.6 Å². The summed E-state index contributed by atoms with van der Waals surface area (Å²) in [7, 11) is 1.64. The van der Waals surface area contributed by atoms with E-state index in [1.165, 1.54) is 12.8 Å². The Morgan fingerprint density at radius 2 is 2.12 bits per heavy atom. The number of nitrogens with zero attached hydrogens (tertiary/aromatic N) is 1. The van der Waals surface area contributed by atoms with Crippen LogP contribution in [0.5, 0.6) is 11.5 Å². The zero-order valence-corrected chi connectivity index (χ0v) is 15.6. The van der Waals surface area contributed by atoms with Crippen LogP contribution in [0.3, 0.4) is 0 Å². The number of rotatable bonds is 6. The summed E-state index contributed by atoms with van der Waals surface area (Å²) in [4.78, 5) is 13.7. The van der Waals surface area contributed by atoms with Crippen molar-refractivity contribution in [3.63, 3.8) is 0 Å². The number of carbonyl (C=O) groups is 1. The molecule has 1 N–H and O–H groups in total. The zero-order chi connectivity index (χ0) is 18.2. The second-order valence-electron chi connectivity index (χ2n) is 7.80. The number of ether oxygens (including phenoxy) is 2. The normalized spacial score (nSPS) is 27.2. The zero-order valence-electron chi connectivity index (χ0n) is 15.6. The lowest BCUT2D eigenvalue weighted by molar-refractivity contribution is -0.128. The Bertz CT molecular complexity index is 641. The third-order valence-electron chi connectivity index (χ3n) is 5.89. The Morgan fingerprint density at radius 1 is 1.40 bits per heavy atom. The van der Waals surface area contributed by atoms with E-state index in [0.29, 0.717) is 19.0 Å². The van der Waals surface area contributed by atoms with Gasteiger partial charge in [-0.3, -0.25) is 4.79 Å². The maximum absolute atomic E-state index is 11.9. The number of benzene rings is 1. The highest BCUT2D eigenvalue weighted by molar-refractivity contribution is 5.74. The summed E-state index contributed by atoms with van der Waals surface area (Å²) in [6.45, 7) is 7.35. The molecule has 0 aromatic heterocycles. The second-order valence-corrected chi connectivity index (χ2v) is 7.80. The molecule has 1 aliphatic carbocycles. The van der Waals surface area contributed by atoms with E-state index in [1.54, 1.807) is 14.0 Å². The van der Waals surface area contributed by atoms with E-state index in [1.807, 2.05) is 30.0 Å². The topological polar surface area (TPSA) is 59.0 Å². The van der Waals surface area contributed by atoms with E-state index in [2.05, 4.69) is 6.92 Å². The minimum atomic E-state index is -0.514. The number of aliphatic hydroxyl groups is 1. The monoisotopic (exact) mass is 347 g/mol. The van der Waals surface area contributed by atoms with Gasteiger partial charge in [0.15, 0.2) is 11.5 Å². The van der Waals surface area contributed by atoms with E-state index in [-0.39, 0.29) is 17.2 Å². The van der Waals surface area contributed by atoms with Crippen molar-refractivity contribution < 1.29 is 19.4 Å². The molecule has 138 valence electrons. The number of hydrogen-bond donors (Lipinski definition) is 1. The van der Waals surface area contributed by atoms with Crippen LogP contribution in [0.1, 0.15) is 45.1 Å². The fourth-order valence-electron chi connectivity index (χ4n) is 3.68. The van der Waals surface area contributed by atoms with Crippen LogP contribution < -0.4 is 9.47 Å². The summed E-state index contributed by atoms with van der Waals surface area (Å²) in [6.07, 6.45) is 1.95. The van der Waals surface area contributed by atoms with Crippen LogP contribution in [0.15, 0.2) is 18.2 Å². The van der Waals surface area contributed by atoms with Crippen LogP contribution >= 0.6 is 0 Å². The maximum Gasteiger partial charge on any atom is 0.219 e. The molecular formula is C20H29NO4. The number of hydrogen-bond acceptors (Lipinski definition) is 4. The molecular weight excluding hydrogens is 318 g/mol. The van der Waals surface area contributed by atoms with Crippen molar-refractivity contribution in [3.05, 3.63) is 23.8 Å². The molecule has 1 aliphatic heterocycles. The lowest BCUT2D eigenvalue weighted by Crippen LogP contribution is -2.37. The van der Waals surface area contributed by atoms with Crippen LogP contribution in [-0.4, -0.2) is 48.8 Å². The molecule has 2 fully saturated rings. The summed E-state index contributed by atoms with van der Waals surface area (Å²) in [6, 6.07) is 5.98. The summed E-state index contributed by atoms with van der Waals surface area (Å²) in [5, 5.41) is 10.4. The molecule has 5 nitrogen and oxygen atoms in total. The van der Waals surface area contributed by atoms with Crippen molar-refractivity contribution in [2.24, 2.45) is 11.3 Å². The molecule has 0 bridgehead atoms. The first-order valence-electron chi connectivity index (χ1n) is 9.09. The lowest BCUT2D eigenvalue weighted by Gasteiger charge is -2.33. The molecule has 1 aromatic carbocycles. The molecule has 1 heterocycles. The minimum Gasteiger partial charge on any atom is -0.493 e. The van der Waals surface area contributed by atoms with Crippen LogP contribution in [0, 0.1) is 11.3 Å². The smallest absolute Gasteiger partial charge is 0.219 e. The maximum atomic E-state index is 11.9. The quantitative estimate of drug-likeness (QED) is 0.860. The molecule has 3 atom stereocenters. The fraction of sp³-hybridized carbons (Fsp3) is 0.650. The largest absolute Gasteiger partial charge is 0.493 e. The van der Waals surface area contributed by atoms with Gasteiger partial charge in [0.25, 0.3) is 0 Å². The van der Waals surface area contributed by atoms with E-state index in [0.717, 1.165) is 23.7 Å². The van der Waals surface area contributed by atoms with Crippen LogP contribution in [0.25, 0.3) is 0 Å². The highest BCUT2D eigenvalue weighted by atomic mass is 16.5. The van der Waals surface area contributed by atoms with E-state index in [4.69, 9.17) is 9.47 Å². The summed E-state index contributed by atoms with van der Waals surface area (Å²) < 4.78 is 11.4. The number of methoxy groups -OCH3 is 1. The van der Waals surface area contributed by atoms with Crippen molar-refractivity contribution in [2.75, 3.05) is 26.8 Å². The van der Waals surface area contributed by atoms with Crippen molar-refractivity contribution in [1.82, 2.24) is 4.90 Å². The summed E-state index contributed by atoms with van der Waals surface area (Å²) in [5.41, 5.74) is 0.701. The molecule has 1 amide bonds. The van der Waals surface area contributed by atoms with Gasteiger partial charge in [-0.1, -0.05) is 13.0 Å². The number of likely N-dealkylation sites (tertiary alicyclic amines) is 1. The highest BCUT2D eigenvalue weighted by Crippen LogP contribution is 2.47. The highest BCUT2D eigenvalue weighted by Gasteiger charge is 2.47. The minimum absolute atomic E-state index is 0.0492. The first kappa shape index (κ1) is 18.1. The van der Waals surface area contributed by atoms with Gasteiger partial charge in [-0.2, -0.15) is 0 Å². The van der Waals surface area contributed by atoms with Gasteiger partial charge in [-0.05, 0) is 43.4 Å². The molecule has 5 heteroatoms. The summed E-state index contributed by atoms with van der Waals surface area (Å²) >= 11 is 0. The first-order chi connectivity index (χ1) is 11.8. The Morgan fingerprint density at radius 3 is 2.68 bits per heavy atom. The molecule has 3 rings (SSSR count). The second kappa shape index (κ2) is 6.87. The third kappa shape index (κ3) is 3.61. The molecule has 1 saturated carbocycles. The number of amides is 1. The first-order valence-corrected chi connectivity index (χ1v) is 9.09. The van der Waals surface area contributed by atoms with Gasteiger partial charge in [-0.15, -0.1) is 0 Å². The van der Waals surface area contributed by atoms with Crippen LogP contribution in [0.2, 0.25) is 0 Å². The fourth-order valence-corrected chi connectivity index (χ4v) is 3.68. The van der Waals surface area contributed by atoms with Crippen molar-refractivity contribution in [1.29, 1.82) is 0 Å². The molecule has 0 radical (unpaired) electrons. The van der Waals surface area contributed by atoms with E-state index >= 15 is 0 Å². The molecule has 1 saturated heterocycles. The molecule has 1 aromatic rings. The van der Waals surface area contributed by atoms with Crippen LogP contribution in [0.4, 0.5) is 0 Å². The SMILES string of the molecule is COc1ccc([C@@H]2CN(C(C)=O)C[C@@]2(C)[C@@H](C)O)cc1OCC1CC1. The van der Waals surface area contributed by atoms with Gasteiger partial charge in [0, 0.05) is 31.3 Å². The number of carbonyl (C=O) groups excluding carboxylic acids is 1. The van der Waals surface area contributed by atoms with Gasteiger partial charge >= 0.3 is 0 Å². The Balaban J connectivity index is 1.89. The lowest BCUT2D eigenvalue weighted by atomic mass is 9.72. The Kier molecular flexibility index (Phi) is 4.96. The Hall–Kier alpha value is -1.75. The van der Waals surface area contributed by atoms with Gasteiger partial charge in [-0.25, -0.2) is 0 Å². The van der Waals surface area contributed by atoms with Crippen LogP contribution in [-0.2, 0) is 4.79 Å². The third-order valence-corrected chi connectivity index (χ3v) is 5.89. The molecule has 0 unspecified atom stereocenters. The number of aliphatic hydroxyl groups excluding tert-OH is 1. The van der Waals surface area contributed by atoms with Gasteiger partial charge < -0.3 is 19.5 Å². The summed E-state index contributed by atoms with van der Waals surface area (Å²) in [5.74, 6) is 2.25. The van der Waals surface area contributed by atoms with Gasteiger partial charge in [0.1, 0.15) is 0 Å². The average molecular weight is 347 g/mol. The Labute approximate surface area is 149 Å². The molecule has 0 spiro atoms. The van der Waals surface area contributed by atoms with Gasteiger partial charge in [0.05, 0.1) is 19.8 Å². The standard InChI is InChI=1S/C20H29NO4/c1-13(22)20(3)12-21(14(2)23)10-17(20)16-7-8-18(24-4)19(9-16)25-11-15-5-6-15/h7-9,13,15,17,22H,5-6,10-12H2,1-4H3/t13-,17+,20+/m1/s1. The average Bonchev–Trinajstić information content (AvgIpc) is 3.33.